The van der Waals surface area contributed by atoms with Gasteiger partial charge in [-0.25, -0.2) is 9.78 Å². The van der Waals surface area contributed by atoms with E-state index in [2.05, 4.69) is 20.6 Å². The number of hydrogen-bond donors (Lipinski definition) is 4. The van der Waals surface area contributed by atoms with Gasteiger partial charge in [0.25, 0.3) is 0 Å². The zero-order valence-electron chi connectivity index (χ0n) is 22.6. The Labute approximate surface area is 225 Å². The summed E-state index contributed by atoms with van der Waals surface area (Å²) < 4.78 is 5.29. The lowest BCUT2D eigenvalue weighted by Crippen LogP contribution is -2.48. The van der Waals surface area contributed by atoms with Crippen LogP contribution in [0.5, 0.6) is 0 Å². The van der Waals surface area contributed by atoms with Crippen LogP contribution in [-0.2, 0) is 22.4 Å². The number of rotatable bonds is 13. The number of aliphatic hydroxyl groups excluding tert-OH is 1. The summed E-state index contributed by atoms with van der Waals surface area (Å²) >= 11 is 0. The fourth-order valence-corrected chi connectivity index (χ4v) is 4.46. The topological polar surface area (TPSA) is 116 Å². The Balaban J connectivity index is 1.82. The summed E-state index contributed by atoms with van der Waals surface area (Å²) in [6, 6.07) is 18.4. The Bertz CT molecular complexity index is 1100. The van der Waals surface area contributed by atoms with Crippen LogP contribution < -0.4 is 10.6 Å². The summed E-state index contributed by atoms with van der Waals surface area (Å²) in [5, 5.41) is 17.4. The molecule has 204 valence electrons. The van der Waals surface area contributed by atoms with Gasteiger partial charge >= 0.3 is 6.09 Å². The minimum Gasteiger partial charge on any atom is -0.447 e. The summed E-state index contributed by atoms with van der Waals surface area (Å²) in [6.07, 6.45) is 2.52. The van der Waals surface area contributed by atoms with Gasteiger partial charge in [-0.3, -0.25) is 4.79 Å². The highest BCUT2D eigenvalue weighted by Gasteiger charge is 2.31. The highest BCUT2D eigenvalue weighted by atomic mass is 16.6. The highest BCUT2D eigenvalue weighted by molar-refractivity contribution is 5.79. The van der Waals surface area contributed by atoms with Gasteiger partial charge in [0.05, 0.1) is 24.3 Å². The van der Waals surface area contributed by atoms with Crippen molar-refractivity contribution in [1.29, 1.82) is 0 Å². The molecule has 8 nitrogen and oxygen atoms in total. The number of aromatic amines is 1. The first kappa shape index (κ1) is 28.9. The number of benzene rings is 2. The molecule has 0 aliphatic carbocycles. The van der Waals surface area contributed by atoms with Crippen LogP contribution in [0, 0.1) is 11.8 Å². The van der Waals surface area contributed by atoms with Crippen LogP contribution >= 0.6 is 0 Å². The van der Waals surface area contributed by atoms with Crippen LogP contribution in [0.2, 0.25) is 0 Å². The third-order valence-electron chi connectivity index (χ3n) is 6.41. The molecule has 0 radical (unpaired) electrons. The Kier molecular flexibility index (Phi) is 10.9. The van der Waals surface area contributed by atoms with E-state index in [4.69, 9.17) is 4.74 Å². The number of nitrogens with zero attached hydrogens (tertiary/aromatic N) is 1. The molecule has 4 atom stereocenters. The van der Waals surface area contributed by atoms with Crippen LogP contribution in [-0.4, -0.2) is 45.3 Å². The van der Waals surface area contributed by atoms with Crippen molar-refractivity contribution in [1.82, 2.24) is 20.6 Å². The number of aliphatic hydroxyl groups is 1. The number of carbonyl (C=O) groups is 2. The van der Waals surface area contributed by atoms with E-state index < -0.39 is 24.2 Å². The van der Waals surface area contributed by atoms with Gasteiger partial charge < -0.3 is 25.5 Å². The molecule has 0 saturated heterocycles. The maximum atomic E-state index is 13.7. The largest absolute Gasteiger partial charge is 0.447 e. The molecule has 0 bridgehead atoms. The molecular formula is C30H40N4O4. The summed E-state index contributed by atoms with van der Waals surface area (Å²) in [5.74, 6) is 0.0779. The second-order valence-corrected chi connectivity index (χ2v) is 10.3. The normalized spacial score (nSPS) is 14.5. The van der Waals surface area contributed by atoms with Crippen molar-refractivity contribution < 1.29 is 19.4 Å². The molecule has 2 amide bonds. The maximum Gasteiger partial charge on any atom is 0.407 e. The SMILES string of the molecule is CC(C)OC(=O)N[C@@H](Cc1ccccc1)[C@@H](O)C[C@@H](Cc1ccccc1)C(=O)N[C@H](c1ncc[nH]1)C(C)C. The van der Waals surface area contributed by atoms with Crippen molar-refractivity contribution in [2.24, 2.45) is 11.8 Å². The molecule has 3 aromatic rings. The molecule has 0 aliphatic rings. The molecule has 0 fully saturated rings. The van der Waals surface area contributed by atoms with Crippen LogP contribution in [0.1, 0.15) is 57.1 Å². The van der Waals surface area contributed by atoms with Crippen LogP contribution in [0.25, 0.3) is 0 Å². The molecule has 38 heavy (non-hydrogen) atoms. The molecular weight excluding hydrogens is 480 g/mol. The van der Waals surface area contributed by atoms with Crippen LogP contribution in [0.3, 0.4) is 0 Å². The van der Waals surface area contributed by atoms with E-state index in [1.54, 1.807) is 26.2 Å². The van der Waals surface area contributed by atoms with E-state index in [9.17, 15) is 14.7 Å². The Morgan fingerprint density at radius 2 is 1.53 bits per heavy atom. The molecule has 0 unspecified atom stereocenters. The van der Waals surface area contributed by atoms with Gasteiger partial charge in [0.1, 0.15) is 5.82 Å². The molecule has 8 heteroatoms. The summed E-state index contributed by atoms with van der Waals surface area (Å²) in [4.78, 5) is 33.6. The third-order valence-corrected chi connectivity index (χ3v) is 6.41. The summed E-state index contributed by atoms with van der Waals surface area (Å²) in [6.45, 7) is 7.59. The van der Waals surface area contributed by atoms with Crippen molar-refractivity contribution in [3.05, 3.63) is 90.0 Å². The minimum atomic E-state index is -0.990. The van der Waals surface area contributed by atoms with Gasteiger partial charge in [-0.2, -0.15) is 0 Å². The van der Waals surface area contributed by atoms with Gasteiger partial charge in [0.15, 0.2) is 0 Å². The smallest absolute Gasteiger partial charge is 0.407 e. The van der Waals surface area contributed by atoms with Gasteiger partial charge in [-0.1, -0.05) is 74.5 Å². The average molecular weight is 521 g/mol. The van der Waals surface area contributed by atoms with Crippen molar-refractivity contribution in [2.75, 3.05) is 0 Å². The lowest BCUT2D eigenvalue weighted by atomic mass is 9.88. The zero-order chi connectivity index (χ0) is 27.5. The van der Waals surface area contributed by atoms with E-state index in [0.717, 1.165) is 11.1 Å². The van der Waals surface area contributed by atoms with Gasteiger partial charge in [-0.15, -0.1) is 0 Å². The lowest BCUT2D eigenvalue weighted by Gasteiger charge is -2.29. The van der Waals surface area contributed by atoms with Gasteiger partial charge in [-0.05, 0) is 50.2 Å². The summed E-state index contributed by atoms with van der Waals surface area (Å²) in [7, 11) is 0. The first-order chi connectivity index (χ1) is 18.2. The molecule has 0 saturated carbocycles. The monoisotopic (exact) mass is 520 g/mol. The second kappa shape index (κ2) is 14.3. The maximum absolute atomic E-state index is 13.7. The second-order valence-electron chi connectivity index (χ2n) is 10.3. The van der Waals surface area contributed by atoms with Gasteiger partial charge in [0.2, 0.25) is 5.91 Å². The average Bonchev–Trinajstić information content (AvgIpc) is 3.41. The Morgan fingerprint density at radius 3 is 2.05 bits per heavy atom. The first-order valence-electron chi connectivity index (χ1n) is 13.3. The number of amides is 2. The molecule has 1 heterocycles. The van der Waals surface area contributed by atoms with E-state index in [0.29, 0.717) is 18.7 Å². The molecule has 4 N–H and O–H groups in total. The third kappa shape index (κ3) is 9.03. The lowest BCUT2D eigenvalue weighted by molar-refractivity contribution is -0.127. The summed E-state index contributed by atoms with van der Waals surface area (Å²) in [5.41, 5.74) is 1.95. The van der Waals surface area contributed by atoms with Crippen molar-refractivity contribution >= 4 is 12.0 Å². The van der Waals surface area contributed by atoms with Crippen molar-refractivity contribution in [2.45, 2.75) is 71.2 Å². The van der Waals surface area contributed by atoms with Crippen molar-refractivity contribution in [3.8, 4) is 0 Å². The van der Waals surface area contributed by atoms with E-state index in [1.807, 2.05) is 74.5 Å². The molecule has 1 aromatic heterocycles. The van der Waals surface area contributed by atoms with E-state index in [1.165, 1.54) is 0 Å². The standard InChI is InChI=1S/C30H40N4O4/c1-20(2)27(28-31-15-16-32-28)34-29(36)24(17-22-11-7-5-8-12-22)19-26(35)25(33-30(37)38-21(3)4)18-23-13-9-6-10-14-23/h5-16,20-21,24-27,35H,17-19H2,1-4H3,(H,31,32)(H,33,37)(H,34,36)/t24-,25+,26+,27+/m1/s1. The Hall–Kier alpha value is -3.65. The minimum absolute atomic E-state index is 0.102. The van der Waals surface area contributed by atoms with Crippen LogP contribution in [0.4, 0.5) is 4.79 Å². The number of hydrogen-bond acceptors (Lipinski definition) is 5. The molecule has 3 rings (SSSR count). The number of imidazole rings is 1. The predicted octanol–water partition coefficient (Wildman–Crippen LogP) is 4.58. The number of nitrogens with one attached hydrogen (secondary N) is 3. The fraction of sp³-hybridized carbons (Fsp3) is 0.433. The number of carbonyl (C=O) groups excluding carboxylic acids is 2. The fourth-order valence-electron chi connectivity index (χ4n) is 4.46. The molecule has 0 aliphatic heterocycles. The van der Waals surface area contributed by atoms with E-state index >= 15 is 0 Å². The predicted molar refractivity (Wildman–Crippen MR) is 147 cm³/mol. The molecule has 0 spiro atoms. The van der Waals surface area contributed by atoms with E-state index in [-0.39, 0.29) is 30.4 Å². The molecule has 2 aromatic carbocycles. The number of H-pyrrole nitrogens is 1. The number of aromatic nitrogens is 2. The number of ether oxygens (including phenoxy) is 1. The van der Waals surface area contributed by atoms with Crippen molar-refractivity contribution in [3.63, 3.8) is 0 Å². The first-order valence-corrected chi connectivity index (χ1v) is 13.3. The van der Waals surface area contributed by atoms with Crippen LogP contribution in [0.15, 0.2) is 73.1 Å². The number of alkyl carbamates (subject to hydrolysis) is 1. The quantitative estimate of drug-likeness (QED) is 0.263. The Morgan fingerprint density at radius 1 is 0.921 bits per heavy atom. The van der Waals surface area contributed by atoms with Gasteiger partial charge in [0, 0.05) is 18.3 Å². The highest BCUT2D eigenvalue weighted by Crippen LogP contribution is 2.23. The zero-order valence-corrected chi connectivity index (χ0v) is 22.6.